The normalized spacial score (nSPS) is 11.6. The monoisotopic (exact) mass is 361 g/mol. The predicted octanol–water partition coefficient (Wildman–Crippen LogP) is 3.72. The Morgan fingerprint density at radius 3 is 2.81 bits per heavy atom. The van der Waals surface area contributed by atoms with Crippen LogP contribution in [0.4, 0.5) is 0 Å². The molecule has 0 saturated carbocycles. The number of benzene rings is 1. The van der Waals surface area contributed by atoms with Gasteiger partial charge in [0.25, 0.3) is 5.56 Å². The second-order valence-electron chi connectivity index (χ2n) is 4.63. The third kappa shape index (κ3) is 2.82. The molecule has 0 amide bonds. The van der Waals surface area contributed by atoms with Crippen molar-refractivity contribution >= 4 is 44.4 Å². The largest absolute Gasteiger partial charge is 0.282 e. The van der Waals surface area contributed by atoms with Gasteiger partial charge in [-0.05, 0) is 44.2 Å². The molecular weight excluding hydrogens is 350 g/mol. The van der Waals surface area contributed by atoms with Gasteiger partial charge in [-0.2, -0.15) is 9.78 Å². The van der Waals surface area contributed by atoms with Crippen LogP contribution in [0.5, 0.6) is 0 Å². The highest BCUT2D eigenvalue weighted by Crippen LogP contribution is 2.16. The van der Waals surface area contributed by atoms with E-state index in [1.807, 2.05) is 31.2 Å². The Balaban J connectivity index is 2.14. The Labute approximate surface area is 133 Å². The lowest BCUT2D eigenvalue weighted by atomic mass is 10.2. The lowest BCUT2D eigenvalue weighted by Gasteiger charge is -2.05. The molecule has 0 aliphatic carbocycles. The summed E-state index contributed by atoms with van der Waals surface area (Å²) in [4.78, 5) is 19.2. The van der Waals surface area contributed by atoms with Crippen LogP contribution in [0.3, 0.4) is 0 Å². The molecule has 6 heteroatoms. The molecule has 0 bridgehead atoms. The lowest BCUT2D eigenvalue weighted by Crippen LogP contribution is -2.20. The van der Waals surface area contributed by atoms with Gasteiger partial charge >= 0.3 is 0 Å². The average molecular weight is 362 g/mol. The first-order chi connectivity index (χ1) is 10.0. The van der Waals surface area contributed by atoms with E-state index in [9.17, 15) is 4.79 Å². The van der Waals surface area contributed by atoms with Gasteiger partial charge < -0.3 is 0 Å². The van der Waals surface area contributed by atoms with Crippen LogP contribution < -0.4 is 5.56 Å². The molecule has 106 valence electrons. The van der Waals surface area contributed by atoms with Crippen molar-refractivity contribution in [1.29, 1.82) is 0 Å². The molecule has 0 fully saturated rings. The molecule has 0 aliphatic rings. The molecule has 3 aromatic rings. The van der Waals surface area contributed by atoms with Crippen LogP contribution in [0, 0.1) is 13.8 Å². The Bertz CT molecular complexity index is 911. The molecule has 0 radical (unpaired) electrons. The topological polar surface area (TPSA) is 47.2 Å². The van der Waals surface area contributed by atoms with Crippen molar-refractivity contribution in [2.75, 3.05) is 0 Å². The number of thiophene rings is 1. The van der Waals surface area contributed by atoms with Gasteiger partial charge in [0.05, 0.1) is 17.1 Å². The zero-order chi connectivity index (χ0) is 15.0. The highest BCUT2D eigenvalue weighted by Gasteiger charge is 2.07. The highest BCUT2D eigenvalue weighted by molar-refractivity contribution is 9.10. The maximum Gasteiger partial charge on any atom is 0.282 e. The molecule has 3 rings (SSSR count). The van der Waals surface area contributed by atoms with Crippen LogP contribution in [0.2, 0.25) is 0 Å². The van der Waals surface area contributed by atoms with Crippen LogP contribution >= 0.6 is 27.3 Å². The summed E-state index contributed by atoms with van der Waals surface area (Å²) in [6, 6.07) is 9.47. The molecule has 1 aromatic carbocycles. The van der Waals surface area contributed by atoms with E-state index in [1.54, 1.807) is 30.5 Å². The number of halogens is 1. The standard InChI is InChI=1S/C15H12BrN3OS/c1-9-3-5-12(21-9)8-17-19-10(2)18-14-6-4-11(16)7-13(14)15(19)20/h3-8H,1-2H3. The summed E-state index contributed by atoms with van der Waals surface area (Å²) in [6.07, 6.45) is 1.69. The van der Waals surface area contributed by atoms with E-state index in [0.717, 1.165) is 9.35 Å². The van der Waals surface area contributed by atoms with Crippen LogP contribution in [-0.2, 0) is 0 Å². The Morgan fingerprint density at radius 1 is 1.29 bits per heavy atom. The van der Waals surface area contributed by atoms with Crippen LogP contribution in [0.1, 0.15) is 15.6 Å². The molecule has 0 spiro atoms. The van der Waals surface area contributed by atoms with Gasteiger partial charge in [-0.25, -0.2) is 4.98 Å². The van der Waals surface area contributed by atoms with Gasteiger partial charge in [-0.3, -0.25) is 4.79 Å². The average Bonchev–Trinajstić information content (AvgIpc) is 2.85. The van der Waals surface area contributed by atoms with Crippen molar-refractivity contribution in [3.05, 3.63) is 60.7 Å². The quantitative estimate of drug-likeness (QED) is 0.653. The van der Waals surface area contributed by atoms with Gasteiger partial charge in [-0.1, -0.05) is 15.9 Å². The zero-order valence-electron chi connectivity index (χ0n) is 11.5. The third-order valence-corrected chi connectivity index (χ3v) is 4.46. The van der Waals surface area contributed by atoms with Crippen molar-refractivity contribution in [2.45, 2.75) is 13.8 Å². The van der Waals surface area contributed by atoms with Crippen molar-refractivity contribution in [3.63, 3.8) is 0 Å². The molecule has 21 heavy (non-hydrogen) atoms. The Morgan fingerprint density at radius 2 is 2.10 bits per heavy atom. The summed E-state index contributed by atoms with van der Waals surface area (Å²) < 4.78 is 2.19. The third-order valence-electron chi connectivity index (χ3n) is 3.03. The number of hydrogen-bond donors (Lipinski definition) is 0. The molecule has 2 heterocycles. The van der Waals surface area contributed by atoms with E-state index in [2.05, 4.69) is 26.0 Å². The number of nitrogens with zero attached hydrogens (tertiary/aromatic N) is 3. The molecule has 0 unspecified atom stereocenters. The highest BCUT2D eigenvalue weighted by atomic mass is 79.9. The molecule has 4 nitrogen and oxygen atoms in total. The van der Waals surface area contributed by atoms with Crippen LogP contribution in [-0.4, -0.2) is 15.9 Å². The molecule has 0 atom stereocenters. The molecule has 0 aliphatic heterocycles. The van der Waals surface area contributed by atoms with Crippen molar-refractivity contribution < 1.29 is 0 Å². The fraction of sp³-hybridized carbons (Fsp3) is 0.133. The Hall–Kier alpha value is -1.79. The summed E-state index contributed by atoms with van der Waals surface area (Å²) in [5, 5.41) is 4.83. The van der Waals surface area contributed by atoms with Gasteiger partial charge in [0.1, 0.15) is 5.82 Å². The summed E-state index contributed by atoms with van der Waals surface area (Å²) >= 11 is 5.01. The first-order valence-corrected chi connectivity index (χ1v) is 7.95. The van der Waals surface area contributed by atoms with E-state index < -0.39 is 0 Å². The van der Waals surface area contributed by atoms with Crippen LogP contribution in [0.25, 0.3) is 10.9 Å². The van der Waals surface area contributed by atoms with E-state index in [-0.39, 0.29) is 5.56 Å². The molecule has 0 saturated heterocycles. The minimum absolute atomic E-state index is 0.164. The summed E-state index contributed by atoms with van der Waals surface area (Å²) in [6.45, 7) is 3.81. The number of fused-ring (bicyclic) bond motifs is 1. The summed E-state index contributed by atoms with van der Waals surface area (Å²) in [5.74, 6) is 0.569. The Kier molecular flexibility index (Phi) is 3.73. The minimum atomic E-state index is -0.164. The maximum atomic E-state index is 12.5. The first-order valence-electron chi connectivity index (χ1n) is 6.34. The second kappa shape index (κ2) is 5.54. The van der Waals surface area contributed by atoms with E-state index in [0.29, 0.717) is 16.7 Å². The van der Waals surface area contributed by atoms with Gasteiger partial charge in [0.15, 0.2) is 0 Å². The molecule has 2 aromatic heterocycles. The lowest BCUT2D eigenvalue weighted by molar-refractivity contribution is 0.771. The molecule has 0 N–H and O–H groups in total. The SMILES string of the molecule is Cc1ccc(C=Nn2c(C)nc3ccc(Br)cc3c2=O)s1. The number of hydrogen-bond acceptors (Lipinski definition) is 4. The summed E-state index contributed by atoms with van der Waals surface area (Å²) in [5.41, 5.74) is 0.516. The summed E-state index contributed by atoms with van der Waals surface area (Å²) in [7, 11) is 0. The van der Waals surface area contributed by atoms with Gasteiger partial charge in [0.2, 0.25) is 0 Å². The number of rotatable bonds is 2. The molecular formula is C15H12BrN3OS. The van der Waals surface area contributed by atoms with Crippen molar-refractivity contribution in [2.24, 2.45) is 5.10 Å². The predicted molar refractivity (Wildman–Crippen MR) is 90.5 cm³/mol. The van der Waals surface area contributed by atoms with E-state index >= 15 is 0 Å². The van der Waals surface area contributed by atoms with E-state index in [4.69, 9.17) is 0 Å². The first kappa shape index (κ1) is 14.2. The maximum absolute atomic E-state index is 12.5. The second-order valence-corrected chi connectivity index (χ2v) is 6.87. The van der Waals surface area contributed by atoms with Gasteiger partial charge in [-0.15, -0.1) is 11.3 Å². The fourth-order valence-electron chi connectivity index (χ4n) is 2.03. The smallest absolute Gasteiger partial charge is 0.267 e. The zero-order valence-corrected chi connectivity index (χ0v) is 13.9. The van der Waals surface area contributed by atoms with Crippen molar-refractivity contribution in [3.8, 4) is 0 Å². The number of aromatic nitrogens is 2. The van der Waals surface area contributed by atoms with Crippen molar-refractivity contribution in [1.82, 2.24) is 9.66 Å². The number of aryl methyl sites for hydroxylation is 2. The fourth-order valence-corrected chi connectivity index (χ4v) is 3.14. The minimum Gasteiger partial charge on any atom is -0.267 e. The van der Waals surface area contributed by atoms with E-state index in [1.165, 1.54) is 9.55 Å². The van der Waals surface area contributed by atoms with Crippen LogP contribution in [0.15, 0.2) is 44.7 Å². The van der Waals surface area contributed by atoms with Gasteiger partial charge in [0, 0.05) is 14.2 Å².